The number of anilines is 2. The monoisotopic (exact) mass is 881 g/mol. The van der Waals surface area contributed by atoms with Gasteiger partial charge in [-0.1, -0.05) is 155 Å². The largest absolute Gasteiger partial charge is 0.464 e. The standard InChI is InChI=1S/C51H84N4O8/c1-5-7-9-11-13-15-17-19-21-23-25-27-34-54(35-28-26-24-22-20-18-16-14-12-10-8-6-2)37-38-61-49(56)33-36-55-47-31-29-43(52-50(57)62-40-39-59-3)41-45(47)46-42-44(30-32-48(46)55)53-51(58)63-60-4/h29-32,41-42H,5-28,33-40H2,1-4H3,(H,52,57)(H,53,58). The van der Waals surface area contributed by atoms with E-state index in [-0.39, 0.29) is 19.0 Å². The Hall–Kier alpha value is -3.87. The van der Waals surface area contributed by atoms with Gasteiger partial charge in [0.15, 0.2) is 0 Å². The smallest absolute Gasteiger partial charge is 0.443 e. The summed E-state index contributed by atoms with van der Waals surface area (Å²) in [5, 5.41) is 7.07. The van der Waals surface area contributed by atoms with E-state index >= 15 is 0 Å². The highest BCUT2D eigenvalue weighted by Gasteiger charge is 2.16. The van der Waals surface area contributed by atoms with Gasteiger partial charge in [0.25, 0.3) is 0 Å². The Morgan fingerprint density at radius 1 is 0.524 bits per heavy atom. The molecule has 0 aliphatic rings. The molecule has 12 heteroatoms. The second kappa shape index (κ2) is 34.5. The lowest BCUT2D eigenvalue weighted by molar-refractivity contribution is -0.208. The Morgan fingerprint density at radius 3 is 1.41 bits per heavy atom. The first kappa shape index (κ1) is 53.5. The number of rotatable bonds is 38. The molecule has 0 bridgehead atoms. The summed E-state index contributed by atoms with van der Waals surface area (Å²) >= 11 is 0. The van der Waals surface area contributed by atoms with Crippen LogP contribution in [0.5, 0.6) is 0 Å². The summed E-state index contributed by atoms with van der Waals surface area (Å²) in [7, 11) is 2.80. The first-order valence-corrected chi connectivity index (χ1v) is 24.8. The Bertz CT molecular complexity index is 1650. The van der Waals surface area contributed by atoms with Gasteiger partial charge in [-0.25, -0.2) is 9.59 Å². The molecular formula is C51H84N4O8. The zero-order chi connectivity index (χ0) is 45.2. The number of hydrogen-bond acceptors (Lipinski definition) is 9. The summed E-state index contributed by atoms with van der Waals surface area (Å²) in [6.07, 6.45) is 31.0. The molecule has 3 rings (SSSR count). The van der Waals surface area contributed by atoms with E-state index in [1.807, 2.05) is 24.3 Å². The Balaban J connectivity index is 1.53. The molecule has 0 spiro atoms. The van der Waals surface area contributed by atoms with E-state index in [1.165, 1.54) is 161 Å². The molecule has 0 aliphatic carbocycles. The fourth-order valence-electron chi connectivity index (χ4n) is 8.34. The average Bonchev–Trinajstić information content (AvgIpc) is 3.57. The van der Waals surface area contributed by atoms with Crippen molar-refractivity contribution in [3.8, 4) is 0 Å². The molecule has 12 nitrogen and oxygen atoms in total. The van der Waals surface area contributed by atoms with Crippen molar-refractivity contribution in [2.24, 2.45) is 0 Å². The number of ether oxygens (including phenoxy) is 3. The number of carbonyl (C=O) groups excluding carboxylic acids is 3. The van der Waals surface area contributed by atoms with Crippen molar-refractivity contribution in [1.29, 1.82) is 0 Å². The Labute approximate surface area is 379 Å². The number of amides is 2. The van der Waals surface area contributed by atoms with Crippen LogP contribution in [0.15, 0.2) is 36.4 Å². The number of hydrogen-bond donors (Lipinski definition) is 2. The number of fused-ring (bicyclic) bond motifs is 3. The van der Waals surface area contributed by atoms with E-state index in [0.717, 1.165) is 41.4 Å². The average molecular weight is 881 g/mol. The van der Waals surface area contributed by atoms with Crippen molar-refractivity contribution in [3.63, 3.8) is 0 Å². The molecule has 0 saturated heterocycles. The summed E-state index contributed by atoms with van der Waals surface area (Å²) < 4.78 is 18.1. The molecule has 1 heterocycles. The lowest BCUT2D eigenvalue weighted by Gasteiger charge is -2.22. The predicted molar refractivity (Wildman–Crippen MR) is 258 cm³/mol. The third kappa shape index (κ3) is 23.1. The fraction of sp³-hybridized carbons (Fsp3) is 0.706. The molecule has 2 N–H and O–H groups in total. The van der Waals surface area contributed by atoms with Crippen LogP contribution in [0.25, 0.3) is 21.8 Å². The van der Waals surface area contributed by atoms with Crippen molar-refractivity contribution in [3.05, 3.63) is 36.4 Å². The number of benzene rings is 2. The second-order valence-corrected chi connectivity index (χ2v) is 17.1. The van der Waals surface area contributed by atoms with E-state index in [2.05, 4.69) is 43.7 Å². The molecule has 2 amide bonds. The predicted octanol–water partition coefficient (Wildman–Crippen LogP) is 13.7. The van der Waals surface area contributed by atoms with Gasteiger partial charge in [-0.2, -0.15) is 4.89 Å². The van der Waals surface area contributed by atoms with Crippen molar-refractivity contribution in [2.75, 3.05) is 64.3 Å². The number of nitrogens with one attached hydrogen (secondary N) is 2. The Morgan fingerprint density at radius 2 is 0.968 bits per heavy atom. The van der Waals surface area contributed by atoms with Crippen molar-refractivity contribution in [2.45, 2.75) is 181 Å². The maximum absolute atomic E-state index is 13.3. The van der Waals surface area contributed by atoms with Gasteiger partial charge in [0, 0.05) is 53.4 Å². The Kier molecular flexibility index (Phi) is 29.3. The highest BCUT2D eigenvalue weighted by atomic mass is 17.2. The zero-order valence-electron chi connectivity index (χ0n) is 39.8. The summed E-state index contributed by atoms with van der Waals surface area (Å²) in [6.45, 7) is 8.61. The van der Waals surface area contributed by atoms with Gasteiger partial charge in [0.2, 0.25) is 0 Å². The minimum atomic E-state index is -0.758. The maximum Gasteiger partial charge on any atom is 0.443 e. The van der Waals surface area contributed by atoms with Gasteiger partial charge in [-0.15, -0.1) is 0 Å². The summed E-state index contributed by atoms with van der Waals surface area (Å²) in [6, 6.07) is 11.0. The first-order chi connectivity index (χ1) is 30.9. The highest BCUT2D eigenvalue weighted by Crippen LogP contribution is 2.33. The van der Waals surface area contributed by atoms with E-state index in [4.69, 9.17) is 14.2 Å². The van der Waals surface area contributed by atoms with Crippen LogP contribution in [-0.2, 0) is 35.3 Å². The summed E-state index contributed by atoms with van der Waals surface area (Å²) in [5.41, 5.74) is 2.76. The first-order valence-electron chi connectivity index (χ1n) is 24.8. The molecule has 3 aromatic rings. The van der Waals surface area contributed by atoms with E-state index in [1.54, 1.807) is 19.2 Å². The van der Waals surface area contributed by atoms with Crippen LogP contribution < -0.4 is 10.6 Å². The SMILES string of the molecule is CCCCCCCCCCCCCCN(CCCCCCCCCCCCCC)CCOC(=O)CCn1c2ccc(NC(=O)OCCOC)cc2c2cc(NC(=O)OOC)ccc21. The van der Waals surface area contributed by atoms with Gasteiger partial charge in [-0.3, -0.25) is 25.2 Å². The molecule has 0 radical (unpaired) electrons. The molecule has 1 aromatic heterocycles. The number of nitrogens with zero attached hydrogens (tertiary/aromatic N) is 2. The van der Waals surface area contributed by atoms with Gasteiger partial charge in [0.05, 0.1) is 20.1 Å². The van der Waals surface area contributed by atoms with Crippen LogP contribution >= 0.6 is 0 Å². The van der Waals surface area contributed by atoms with Crippen molar-refractivity contribution < 1.29 is 38.4 Å². The van der Waals surface area contributed by atoms with Crippen LogP contribution in [-0.4, -0.2) is 81.3 Å². The van der Waals surface area contributed by atoms with E-state index in [0.29, 0.717) is 31.1 Å². The maximum atomic E-state index is 13.3. The van der Waals surface area contributed by atoms with Crippen LogP contribution in [0, 0.1) is 0 Å². The summed E-state index contributed by atoms with van der Waals surface area (Å²) in [4.78, 5) is 49.4. The lowest BCUT2D eigenvalue weighted by atomic mass is 10.0. The molecule has 356 valence electrons. The molecule has 0 aliphatic heterocycles. The van der Waals surface area contributed by atoms with Crippen LogP contribution in [0.4, 0.5) is 21.0 Å². The summed E-state index contributed by atoms with van der Waals surface area (Å²) in [5.74, 6) is -0.238. The normalized spacial score (nSPS) is 11.4. The minimum Gasteiger partial charge on any atom is -0.464 e. The molecule has 0 atom stereocenters. The zero-order valence-corrected chi connectivity index (χ0v) is 39.8. The van der Waals surface area contributed by atoms with Gasteiger partial charge < -0.3 is 18.8 Å². The van der Waals surface area contributed by atoms with E-state index in [9.17, 15) is 14.4 Å². The molecule has 63 heavy (non-hydrogen) atoms. The quantitative estimate of drug-likeness (QED) is 0.0250. The topological polar surface area (TPSA) is 130 Å². The third-order valence-electron chi connectivity index (χ3n) is 11.9. The van der Waals surface area contributed by atoms with Crippen molar-refractivity contribution in [1.82, 2.24) is 9.47 Å². The molecule has 0 unspecified atom stereocenters. The molecular weight excluding hydrogens is 797 g/mol. The molecule has 0 saturated carbocycles. The molecule has 0 fully saturated rings. The fourth-order valence-corrected chi connectivity index (χ4v) is 8.34. The van der Waals surface area contributed by atoms with Crippen LogP contribution in [0.3, 0.4) is 0 Å². The van der Waals surface area contributed by atoms with Gasteiger partial charge in [-0.05, 0) is 62.3 Å². The number of carbonyl (C=O) groups is 3. The van der Waals surface area contributed by atoms with Gasteiger partial charge >= 0.3 is 18.2 Å². The number of methoxy groups -OCH3 is 1. The van der Waals surface area contributed by atoms with E-state index < -0.39 is 12.2 Å². The third-order valence-corrected chi connectivity index (χ3v) is 11.9. The van der Waals surface area contributed by atoms with Crippen LogP contribution in [0.2, 0.25) is 0 Å². The van der Waals surface area contributed by atoms with Gasteiger partial charge in [0.1, 0.15) is 13.2 Å². The second-order valence-electron chi connectivity index (χ2n) is 17.1. The van der Waals surface area contributed by atoms with Crippen LogP contribution in [0.1, 0.15) is 174 Å². The number of esters is 1. The highest BCUT2D eigenvalue weighted by molar-refractivity contribution is 6.11. The molecule has 2 aromatic carbocycles. The number of unbranched alkanes of at least 4 members (excludes halogenated alkanes) is 22. The minimum absolute atomic E-state index is 0.128. The number of aryl methyl sites for hydroxylation is 1. The number of aromatic nitrogens is 1. The lowest BCUT2D eigenvalue weighted by Crippen LogP contribution is -2.30. The van der Waals surface area contributed by atoms with Crippen molar-refractivity contribution >= 4 is 51.3 Å².